The third-order valence-corrected chi connectivity index (χ3v) is 6.51. The second-order valence-electron chi connectivity index (χ2n) is 8.16. The molecule has 2 N–H and O–H groups in total. The molecule has 0 fully saturated rings. The van der Waals surface area contributed by atoms with Crippen LogP contribution in [-0.4, -0.2) is 30.1 Å². The fourth-order valence-electron chi connectivity index (χ4n) is 3.62. The first-order valence-electron chi connectivity index (χ1n) is 11.6. The smallest absolute Gasteiger partial charge is 0.272 e. The van der Waals surface area contributed by atoms with Crippen LogP contribution in [0.2, 0.25) is 0 Å². The molecule has 0 radical (unpaired) electrons. The summed E-state index contributed by atoms with van der Waals surface area (Å²) in [7, 11) is 0. The average Bonchev–Trinajstić information content (AvgIpc) is 3.64. The van der Waals surface area contributed by atoms with Crippen LogP contribution in [0.1, 0.15) is 26.5 Å². The van der Waals surface area contributed by atoms with Crippen LogP contribution in [0.5, 0.6) is 11.5 Å². The van der Waals surface area contributed by atoms with Gasteiger partial charge in [0.15, 0.2) is 17.3 Å². The molecule has 1 aliphatic rings. The summed E-state index contributed by atoms with van der Waals surface area (Å²) in [5.74, 6) is 0.786. The zero-order valence-electron chi connectivity index (χ0n) is 20.0. The summed E-state index contributed by atoms with van der Waals surface area (Å²) < 4.78 is 16.0. The molecule has 1 aromatic heterocycles. The van der Waals surface area contributed by atoms with Gasteiger partial charge in [-0.15, -0.1) is 11.8 Å². The van der Waals surface area contributed by atoms with Crippen molar-refractivity contribution in [3.05, 3.63) is 114 Å². The van der Waals surface area contributed by atoms with E-state index in [1.54, 1.807) is 78.9 Å². The Labute approximate surface area is 222 Å². The SMILES string of the molecule is O=C(Nc1cccc(SCC(=O)c2ccc3c(c2)OCO3)c1)/C(=C/c1ccco1)NC(=O)c1ccccc1. The summed E-state index contributed by atoms with van der Waals surface area (Å²) >= 11 is 1.35. The Morgan fingerprint density at radius 1 is 0.842 bits per heavy atom. The van der Waals surface area contributed by atoms with Gasteiger partial charge in [0, 0.05) is 27.8 Å². The lowest BCUT2D eigenvalue weighted by Crippen LogP contribution is -2.30. The van der Waals surface area contributed by atoms with Crippen LogP contribution < -0.4 is 20.1 Å². The van der Waals surface area contributed by atoms with E-state index in [4.69, 9.17) is 13.9 Å². The van der Waals surface area contributed by atoms with E-state index in [1.807, 2.05) is 6.07 Å². The molecule has 4 aromatic rings. The van der Waals surface area contributed by atoms with Crippen LogP contribution in [0.15, 0.2) is 106 Å². The van der Waals surface area contributed by atoms with Crippen molar-refractivity contribution in [3.8, 4) is 11.5 Å². The topological polar surface area (TPSA) is 107 Å². The fraction of sp³-hybridized carbons (Fsp3) is 0.0690. The van der Waals surface area contributed by atoms with Gasteiger partial charge < -0.3 is 24.5 Å². The summed E-state index contributed by atoms with van der Waals surface area (Å²) in [5.41, 5.74) is 1.48. The largest absolute Gasteiger partial charge is 0.465 e. The van der Waals surface area contributed by atoms with Gasteiger partial charge in [-0.2, -0.15) is 0 Å². The van der Waals surface area contributed by atoms with Crippen molar-refractivity contribution >= 4 is 41.1 Å². The first kappa shape index (κ1) is 24.9. The van der Waals surface area contributed by atoms with E-state index in [2.05, 4.69) is 10.6 Å². The maximum absolute atomic E-state index is 13.1. The third kappa shape index (κ3) is 6.13. The van der Waals surface area contributed by atoms with Gasteiger partial charge in [0.25, 0.3) is 11.8 Å². The number of ether oxygens (including phenoxy) is 2. The van der Waals surface area contributed by atoms with Crippen LogP contribution in [0, 0.1) is 0 Å². The molecule has 2 heterocycles. The van der Waals surface area contributed by atoms with E-state index in [0.717, 1.165) is 4.90 Å². The molecule has 5 rings (SSSR count). The van der Waals surface area contributed by atoms with Crippen molar-refractivity contribution in [1.29, 1.82) is 0 Å². The van der Waals surface area contributed by atoms with Crippen LogP contribution in [0.4, 0.5) is 5.69 Å². The minimum absolute atomic E-state index is 0.0184. The molecule has 0 aliphatic carbocycles. The van der Waals surface area contributed by atoms with Gasteiger partial charge in [0.1, 0.15) is 11.5 Å². The van der Waals surface area contributed by atoms with Gasteiger partial charge in [0.2, 0.25) is 6.79 Å². The molecule has 38 heavy (non-hydrogen) atoms. The van der Waals surface area contributed by atoms with Gasteiger partial charge in [0.05, 0.1) is 12.0 Å². The zero-order chi connectivity index (χ0) is 26.3. The molecule has 0 saturated heterocycles. The number of benzene rings is 3. The monoisotopic (exact) mass is 526 g/mol. The Bertz CT molecular complexity index is 1500. The predicted octanol–water partition coefficient (Wildman–Crippen LogP) is 5.39. The molecule has 0 bridgehead atoms. The summed E-state index contributed by atoms with van der Waals surface area (Å²) in [6.45, 7) is 0.147. The number of hydrogen-bond acceptors (Lipinski definition) is 7. The number of anilines is 1. The second kappa shape index (κ2) is 11.5. The molecule has 8 nitrogen and oxygen atoms in total. The summed E-state index contributed by atoms with van der Waals surface area (Å²) in [4.78, 5) is 39.3. The fourth-order valence-corrected chi connectivity index (χ4v) is 4.47. The Balaban J connectivity index is 1.25. The molecule has 0 saturated carbocycles. The van der Waals surface area contributed by atoms with Crippen molar-refractivity contribution in [2.45, 2.75) is 4.90 Å². The number of carbonyl (C=O) groups excluding carboxylic acids is 3. The molecule has 1 aliphatic heterocycles. The third-order valence-electron chi connectivity index (χ3n) is 5.51. The normalized spacial score (nSPS) is 12.2. The first-order valence-corrected chi connectivity index (χ1v) is 12.6. The summed E-state index contributed by atoms with van der Waals surface area (Å²) in [5, 5.41) is 5.47. The van der Waals surface area contributed by atoms with Gasteiger partial charge in [-0.3, -0.25) is 14.4 Å². The highest BCUT2D eigenvalue weighted by Crippen LogP contribution is 2.33. The number of Topliss-reactive ketones (excluding diaryl/α,β-unsaturated/α-hetero) is 1. The number of rotatable bonds is 9. The lowest BCUT2D eigenvalue weighted by molar-refractivity contribution is -0.113. The van der Waals surface area contributed by atoms with Crippen molar-refractivity contribution in [1.82, 2.24) is 5.32 Å². The molecule has 2 amide bonds. The lowest BCUT2D eigenvalue weighted by atomic mass is 10.1. The second-order valence-corrected chi connectivity index (χ2v) is 9.20. The zero-order valence-corrected chi connectivity index (χ0v) is 20.8. The Hall–Kier alpha value is -4.76. The molecule has 0 unspecified atom stereocenters. The predicted molar refractivity (Wildman–Crippen MR) is 143 cm³/mol. The highest BCUT2D eigenvalue weighted by atomic mass is 32.2. The van der Waals surface area contributed by atoms with Crippen LogP contribution in [-0.2, 0) is 4.79 Å². The quantitative estimate of drug-likeness (QED) is 0.171. The van der Waals surface area contributed by atoms with Crippen LogP contribution in [0.25, 0.3) is 6.08 Å². The average molecular weight is 527 g/mol. The molecule has 0 spiro atoms. The summed E-state index contributed by atoms with van der Waals surface area (Å²) in [6, 6.07) is 24.2. The van der Waals surface area contributed by atoms with E-state index in [1.165, 1.54) is 24.1 Å². The number of amides is 2. The number of ketones is 1. The van der Waals surface area contributed by atoms with Crippen molar-refractivity contribution < 1.29 is 28.3 Å². The van der Waals surface area contributed by atoms with E-state index in [-0.39, 0.29) is 24.0 Å². The minimum atomic E-state index is -0.524. The number of nitrogens with one attached hydrogen (secondary N) is 2. The number of furan rings is 1. The summed E-state index contributed by atoms with van der Waals surface area (Å²) in [6.07, 6.45) is 2.94. The van der Waals surface area contributed by atoms with Crippen LogP contribution >= 0.6 is 11.8 Å². The van der Waals surface area contributed by atoms with Gasteiger partial charge in [-0.25, -0.2) is 0 Å². The van der Waals surface area contributed by atoms with Gasteiger partial charge in [-0.05, 0) is 60.7 Å². The highest BCUT2D eigenvalue weighted by molar-refractivity contribution is 8.00. The molecular formula is C29H22N2O6S. The first-order chi connectivity index (χ1) is 18.5. The maximum atomic E-state index is 13.1. The van der Waals surface area contributed by atoms with Crippen molar-refractivity contribution in [3.63, 3.8) is 0 Å². The van der Waals surface area contributed by atoms with Crippen molar-refractivity contribution in [2.75, 3.05) is 17.9 Å². The number of carbonyl (C=O) groups is 3. The molecule has 9 heteroatoms. The van der Waals surface area contributed by atoms with E-state index < -0.39 is 11.8 Å². The van der Waals surface area contributed by atoms with Gasteiger partial charge >= 0.3 is 0 Å². The highest BCUT2D eigenvalue weighted by Gasteiger charge is 2.18. The van der Waals surface area contributed by atoms with E-state index in [9.17, 15) is 14.4 Å². The van der Waals surface area contributed by atoms with Crippen molar-refractivity contribution in [2.24, 2.45) is 0 Å². The number of thioether (sulfide) groups is 1. The van der Waals surface area contributed by atoms with Crippen LogP contribution in [0.3, 0.4) is 0 Å². The maximum Gasteiger partial charge on any atom is 0.272 e. The van der Waals surface area contributed by atoms with Gasteiger partial charge in [-0.1, -0.05) is 24.3 Å². The molecular weight excluding hydrogens is 504 g/mol. The minimum Gasteiger partial charge on any atom is -0.465 e. The molecule has 3 aromatic carbocycles. The number of hydrogen-bond donors (Lipinski definition) is 2. The number of fused-ring (bicyclic) bond motifs is 1. The molecule has 190 valence electrons. The van der Waals surface area contributed by atoms with E-state index in [0.29, 0.717) is 34.1 Å². The Morgan fingerprint density at radius 3 is 2.50 bits per heavy atom. The standard InChI is InChI=1S/C29H22N2O6S/c32-25(20-11-12-26-27(14-20)37-18-36-26)17-38-23-10-4-8-21(15-23)30-29(34)24(16-22-9-5-13-35-22)31-28(33)19-6-2-1-3-7-19/h1-16H,17-18H2,(H,30,34)(H,31,33)/b24-16-. The van der Waals surface area contributed by atoms with E-state index >= 15 is 0 Å². The Kier molecular flexibility index (Phi) is 7.56. The lowest BCUT2D eigenvalue weighted by Gasteiger charge is -2.12. The Morgan fingerprint density at radius 2 is 1.68 bits per heavy atom. The molecule has 0 atom stereocenters.